The smallest absolute Gasteiger partial charge is 0.253 e. The first-order chi connectivity index (χ1) is 8.97. The van der Waals surface area contributed by atoms with Gasteiger partial charge in [0.15, 0.2) is 11.6 Å². The van der Waals surface area contributed by atoms with Crippen LogP contribution in [0.3, 0.4) is 0 Å². The number of hydrogen-bond acceptors (Lipinski definition) is 4. The van der Waals surface area contributed by atoms with Gasteiger partial charge in [-0.15, -0.1) is 11.3 Å². The van der Waals surface area contributed by atoms with Gasteiger partial charge in [-0.2, -0.15) is 0 Å². The standard InChI is InChI=1S/C12H11F2N3OS/c1-6-5-19-11(17-6)4-16-12(18)7-2-8(13)9(14)3-10(7)15/h2-3,5H,4,15H2,1H3,(H,16,18). The molecule has 1 aromatic heterocycles. The molecule has 100 valence electrons. The van der Waals surface area contributed by atoms with Gasteiger partial charge in [-0.05, 0) is 13.0 Å². The molecule has 0 saturated carbocycles. The van der Waals surface area contributed by atoms with Gasteiger partial charge in [0.2, 0.25) is 0 Å². The minimum Gasteiger partial charge on any atom is -0.398 e. The SMILES string of the molecule is Cc1csc(CNC(=O)c2cc(F)c(F)cc2N)n1. The van der Waals surface area contributed by atoms with Crippen LogP contribution in [0, 0.1) is 18.6 Å². The fourth-order valence-electron chi connectivity index (χ4n) is 1.49. The Labute approximate surface area is 112 Å². The van der Waals surface area contributed by atoms with E-state index in [-0.39, 0.29) is 17.8 Å². The van der Waals surface area contributed by atoms with Crippen molar-refractivity contribution in [3.8, 4) is 0 Å². The molecule has 1 aromatic carbocycles. The van der Waals surface area contributed by atoms with Crippen molar-refractivity contribution in [1.29, 1.82) is 0 Å². The molecule has 0 spiro atoms. The van der Waals surface area contributed by atoms with Crippen molar-refractivity contribution in [3.05, 3.63) is 45.4 Å². The maximum absolute atomic E-state index is 13.1. The summed E-state index contributed by atoms with van der Waals surface area (Å²) in [7, 11) is 0. The third-order valence-electron chi connectivity index (χ3n) is 2.40. The molecule has 2 rings (SSSR count). The number of carbonyl (C=O) groups excluding carboxylic acids is 1. The molecule has 0 aliphatic rings. The number of nitrogens with zero attached hydrogens (tertiary/aromatic N) is 1. The average Bonchev–Trinajstić information content (AvgIpc) is 2.77. The van der Waals surface area contributed by atoms with Gasteiger partial charge in [-0.1, -0.05) is 0 Å². The van der Waals surface area contributed by atoms with Crippen molar-refractivity contribution in [1.82, 2.24) is 10.3 Å². The zero-order valence-corrected chi connectivity index (χ0v) is 10.9. The molecule has 1 heterocycles. The number of aryl methyl sites for hydroxylation is 1. The van der Waals surface area contributed by atoms with Crippen LogP contribution in [-0.4, -0.2) is 10.9 Å². The van der Waals surface area contributed by atoms with Crippen LogP contribution >= 0.6 is 11.3 Å². The first kappa shape index (κ1) is 13.4. The number of carbonyl (C=O) groups is 1. The number of nitrogens with one attached hydrogen (secondary N) is 1. The highest BCUT2D eigenvalue weighted by Crippen LogP contribution is 2.17. The number of amides is 1. The summed E-state index contributed by atoms with van der Waals surface area (Å²) in [6, 6.07) is 1.57. The van der Waals surface area contributed by atoms with Crippen LogP contribution in [-0.2, 0) is 6.54 Å². The van der Waals surface area contributed by atoms with E-state index in [2.05, 4.69) is 10.3 Å². The first-order valence-electron chi connectivity index (χ1n) is 5.41. The van der Waals surface area contributed by atoms with Crippen LogP contribution in [0.4, 0.5) is 14.5 Å². The Morgan fingerprint density at radius 3 is 2.74 bits per heavy atom. The largest absolute Gasteiger partial charge is 0.398 e. The van der Waals surface area contributed by atoms with E-state index in [0.29, 0.717) is 0 Å². The molecule has 0 radical (unpaired) electrons. The average molecular weight is 283 g/mol. The number of anilines is 1. The molecular weight excluding hydrogens is 272 g/mol. The van der Waals surface area contributed by atoms with Gasteiger partial charge in [0.25, 0.3) is 5.91 Å². The van der Waals surface area contributed by atoms with E-state index < -0.39 is 17.5 Å². The second-order valence-electron chi connectivity index (χ2n) is 3.92. The first-order valence-corrected chi connectivity index (χ1v) is 6.29. The van der Waals surface area contributed by atoms with Crippen molar-refractivity contribution >= 4 is 22.9 Å². The minimum atomic E-state index is -1.11. The van der Waals surface area contributed by atoms with Crippen LogP contribution in [0.15, 0.2) is 17.5 Å². The highest BCUT2D eigenvalue weighted by Gasteiger charge is 2.14. The summed E-state index contributed by atoms with van der Waals surface area (Å²) in [4.78, 5) is 16.0. The molecule has 2 aromatic rings. The maximum Gasteiger partial charge on any atom is 0.253 e. The van der Waals surface area contributed by atoms with Gasteiger partial charge in [-0.25, -0.2) is 13.8 Å². The number of nitrogens with two attached hydrogens (primary N) is 1. The van der Waals surface area contributed by atoms with E-state index in [9.17, 15) is 13.6 Å². The number of hydrogen-bond donors (Lipinski definition) is 2. The van der Waals surface area contributed by atoms with E-state index >= 15 is 0 Å². The second-order valence-corrected chi connectivity index (χ2v) is 4.86. The van der Waals surface area contributed by atoms with Crippen LogP contribution in [0.5, 0.6) is 0 Å². The fraction of sp³-hybridized carbons (Fsp3) is 0.167. The summed E-state index contributed by atoms with van der Waals surface area (Å²) in [5, 5.41) is 5.14. The molecule has 0 fully saturated rings. The third-order valence-corrected chi connectivity index (χ3v) is 3.37. The number of nitrogen functional groups attached to an aromatic ring is 1. The van der Waals surface area contributed by atoms with Crippen molar-refractivity contribution in [2.45, 2.75) is 13.5 Å². The van der Waals surface area contributed by atoms with Gasteiger partial charge < -0.3 is 11.1 Å². The third kappa shape index (κ3) is 3.05. The highest BCUT2D eigenvalue weighted by atomic mass is 32.1. The van der Waals surface area contributed by atoms with Crippen molar-refractivity contribution in [3.63, 3.8) is 0 Å². The molecule has 4 nitrogen and oxygen atoms in total. The molecule has 0 unspecified atom stereocenters. The van der Waals surface area contributed by atoms with E-state index in [1.807, 2.05) is 12.3 Å². The van der Waals surface area contributed by atoms with Crippen LogP contribution < -0.4 is 11.1 Å². The monoisotopic (exact) mass is 283 g/mol. The van der Waals surface area contributed by atoms with Crippen molar-refractivity contribution < 1.29 is 13.6 Å². The summed E-state index contributed by atoms with van der Waals surface area (Å²) < 4.78 is 25.9. The molecule has 19 heavy (non-hydrogen) atoms. The van der Waals surface area contributed by atoms with Crippen LogP contribution in [0.2, 0.25) is 0 Å². The summed E-state index contributed by atoms with van der Waals surface area (Å²) in [5.74, 6) is -2.75. The highest BCUT2D eigenvalue weighted by molar-refractivity contribution is 7.09. The lowest BCUT2D eigenvalue weighted by atomic mass is 10.1. The fourth-order valence-corrected chi connectivity index (χ4v) is 2.21. The number of thiazole rings is 1. The molecule has 7 heteroatoms. The van der Waals surface area contributed by atoms with Gasteiger partial charge in [0.05, 0.1) is 12.1 Å². The van der Waals surface area contributed by atoms with Crippen molar-refractivity contribution in [2.75, 3.05) is 5.73 Å². The van der Waals surface area contributed by atoms with Crippen LogP contribution in [0.1, 0.15) is 21.1 Å². The predicted molar refractivity (Wildman–Crippen MR) is 68.8 cm³/mol. The Hall–Kier alpha value is -2.02. The lowest BCUT2D eigenvalue weighted by molar-refractivity contribution is 0.0951. The zero-order chi connectivity index (χ0) is 14.0. The van der Waals surface area contributed by atoms with Crippen LogP contribution in [0.25, 0.3) is 0 Å². The number of halogens is 2. The number of rotatable bonds is 3. The van der Waals surface area contributed by atoms with E-state index in [4.69, 9.17) is 5.73 Å². The molecule has 0 saturated heterocycles. The molecule has 0 aliphatic heterocycles. The summed E-state index contributed by atoms with van der Waals surface area (Å²) in [6.45, 7) is 2.06. The molecule has 3 N–H and O–H groups in total. The summed E-state index contributed by atoms with van der Waals surface area (Å²) in [5.41, 5.74) is 6.15. The topological polar surface area (TPSA) is 68.0 Å². The van der Waals surface area contributed by atoms with E-state index in [0.717, 1.165) is 22.8 Å². The second kappa shape index (κ2) is 5.31. The Bertz CT molecular complexity index is 627. The Kier molecular flexibility index (Phi) is 3.75. The molecule has 0 aliphatic carbocycles. The lowest BCUT2D eigenvalue weighted by Crippen LogP contribution is -2.24. The van der Waals surface area contributed by atoms with Gasteiger partial charge in [0, 0.05) is 22.8 Å². The molecule has 1 amide bonds. The summed E-state index contributed by atoms with van der Waals surface area (Å²) in [6.07, 6.45) is 0. The molecular formula is C12H11F2N3OS. The Morgan fingerprint density at radius 2 is 2.11 bits per heavy atom. The van der Waals surface area contributed by atoms with Gasteiger partial charge >= 0.3 is 0 Å². The Morgan fingerprint density at radius 1 is 1.42 bits per heavy atom. The normalized spacial score (nSPS) is 10.5. The summed E-state index contributed by atoms with van der Waals surface area (Å²) >= 11 is 1.41. The molecule has 0 bridgehead atoms. The molecule has 0 atom stereocenters. The quantitative estimate of drug-likeness (QED) is 0.849. The predicted octanol–water partition coefficient (Wildman–Crippen LogP) is 2.24. The van der Waals surface area contributed by atoms with Crippen molar-refractivity contribution in [2.24, 2.45) is 0 Å². The number of aromatic nitrogens is 1. The van der Waals surface area contributed by atoms with E-state index in [1.165, 1.54) is 11.3 Å². The Balaban J connectivity index is 2.10. The van der Waals surface area contributed by atoms with E-state index in [1.54, 1.807) is 0 Å². The lowest BCUT2D eigenvalue weighted by Gasteiger charge is -2.07. The zero-order valence-electron chi connectivity index (χ0n) is 10.0. The number of benzene rings is 1. The maximum atomic E-state index is 13.1. The van der Waals surface area contributed by atoms with Gasteiger partial charge in [-0.3, -0.25) is 4.79 Å². The minimum absolute atomic E-state index is 0.0906. The van der Waals surface area contributed by atoms with Gasteiger partial charge in [0.1, 0.15) is 5.01 Å².